The lowest BCUT2D eigenvalue weighted by Gasteiger charge is -2.34. The van der Waals surface area contributed by atoms with Gasteiger partial charge in [-0.05, 0) is 48.4 Å². The van der Waals surface area contributed by atoms with Crippen LogP contribution in [0.4, 0.5) is 17.1 Å². The monoisotopic (exact) mass is 394 g/mol. The second kappa shape index (κ2) is 8.66. The van der Waals surface area contributed by atoms with Gasteiger partial charge in [-0.3, -0.25) is 9.59 Å². The lowest BCUT2D eigenvalue weighted by molar-refractivity contribution is -0.133. The summed E-state index contributed by atoms with van der Waals surface area (Å²) in [6.07, 6.45) is 0. The predicted octanol–water partition coefficient (Wildman–Crippen LogP) is 3.31. The van der Waals surface area contributed by atoms with Gasteiger partial charge >= 0.3 is 11.8 Å². The number of nitrogens with zero attached hydrogens (tertiary/aromatic N) is 2. The van der Waals surface area contributed by atoms with Gasteiger partial charge in [0.2, 0.25) is 0 Å². The van der Waals surface area contributed by atoms with Gasteiger partial charge < -0.3 is 20.4 Å². The van der Waals surface area contributed by atoms with E-state index in [4.69, 9.17) is 0 Å². The zero-order valence-corrected chi connectivity index (χ0v) is 17.7. The van der Waals surface area contributed by atoms with Gasteiger partial charge in [-0.15, -0.1) is 0 Å². The Morgan fingerprint density at radius 3 is 2.03 bits per heavy atom. The van der Waals surface area contributed by atoms with Crippen molar-refractivity contribution in [2.45, 2.75) is 26.2 Å². The molecular formula is C23H30N4O2. The fraction of sp³-hybridized carbons (Fsp3) is 0.391. The molecule has 0 bridgehead atoms. The molecule has 0 unspecified atom stereocenters. The summed E-state index contributed by atoms with van der Waals surface area (Å²) in [5.41, 5.74) is 3.23. The molecule has 2 aromatic carbocycles. The highest BCUT2D eigenvalue weighted by Crippen LogP contribution is 2.29. The maximum atomic E-state index is 12.4. The molecule has 1 saturated heterocycles. The van der Waals surface area contributed by atoms with E-state index in [1.807, 2.05) is 48.5 Å². The number of rotatable bonds is 3. The van der Waals surface area contributed by atoms with Crippen molar-refractivity contribution in [3.63, 3.8) is 0 Å². The molecule has 154 valence electrons. The van der Waals surface area contributed by atoms with Gasteiger partial charge in [0.1, 0.15) is 0 Å². The van der Waals surface area contributed by atoms with Crippen LogP contribution in [0.1, 0.15) is 26.3 Å². The maximum Gasteiger partial charge on any atom is 0.314 e. The minimum absolute atomic E-state index is 0.139. The molecule has 0 atom stereocenters. The number of likely N-dealkylation sites (N-methyl/N-ethyl adjacent to an activating group) is 1. The highest BCUT2D eigenvalue weighted by molar-refractivity contribution is 6.43. The molecule has 6 nitrogen and oxygen atoms in total. The first-order valence-corrected chi connectivity index (χ1v) is 9.99. The summed E-state index contributed by atoms with van der Waals surface area (Å²) >= 11 is 0. The summed E-state index contributed by atoms with van der Waals surface area (Å²) < 4.78 is 0. The van der Waals surface area contributed by atoms with Crippen LogP contribution in [-0.4, -0.2) is 49.9 Å². The summed E-state index contributed by atoms with van der Waals surface area (Å²) in [4.78, 5) is 29.4. The van der Waals surface area contributed by atoms with E-state index in [1.165, 1.54) is 0 Å². The summed E-state index contributed by atoms with van der Waals surface area (Å²) in [5.74, 6) is -1.36. The molecule has 0 saturated carbocycles. The number of nitrogens with one attached hydrogen (secondary N) is 2. The van der Waals surface area contributed by atoms with Crippen molar-refractivity contribution in [3.05, 3.63) is 54.1 Å². The highest BCUT2D eigenvalue weighted by Gasteiger charge is 2.21. The molecule has 2 amide bonds. The van der Waals surface area contributed by atoms with E-state index in [0.29, 0.717) is 11.4 Å². The molecular weight excluding hydrogens is 364 g/mol. The predicted molar refractivity (Wildman–Crippen MR) is 119 cm³/mol. The number of benzene rings is 2. The number of anilines is 3. The first kappa shape index (κ1) is 20.9. The SMILES string of the molecule is CN1CCN(c2ccc(NC(=O)C(=O)Nc3ccccc3C(C)(C)C)cc2)CC1. The molecule has 29 heavy (non-hydrogen) atoms. The molecule has 2 aromatic rings. The minimum atomic E-state index is -0.680. The molecule has 3 rings (SSSR count). The summed E-state index contributed by atoms with van der Waals surface area (Å²) in [7, 11) is 2.13. The Hall–Kier alpha value is -2.86. The molecule has 1 aliphatic heterocycles. The molecule has 2 N–H and O–H groups in total. The van der Waals surface area contributed by atoms with E-state index in [9.17, 15) is 9.59 Å². The minimum Gasteiger partial charge on any atom is -0.369 e. The van der Waals surface area contributed by atoms with Crippen LogP contribution in [0.15, 0.2) is 48.5 Å². The van der Waals surface area contributed by atoms with Crippen molar-refractivity contribution in [1.29, 1.82) is 0 Å². The second-order valence-electron chi connectivity index (χ2n) is 8.54. The summed E-state index contributed by atoms with van der Waals surface area (Å²) in [5, 5.41) is 5.42. The second-order valence-corrected chi connectivity index (χ2v) is 8.54. The Labute approximate surface area is 172 Å². The molecule has 0 aromatic heterocycles. The Morgan fingerprint density at radius 2 is 1.41 bits per heavy atom. The van der Waals surface area contributed by atoms with Gasteiger partial charge in [0.25, 0.3) is 0 Å². The van der Waals surface area contributed by atoms with Crippen molar-refractivity contribution >= 4 is 28.9 Å². The van der Waals surface area contributed by atoms with Crippen LogP contribution in [0.5, 0.6) is 0 Å². The standard InChI is InChI=1S/C23H30N4O2/c1-23(2,3)19-7-5-6-8-20(19)25-22(29)21(28)24-17-9-11-18(12-10-17)27-15-13-26(4)14-16-27/h5-12H,13-16H2,1-4H3,(H,24,28)(H,25,29). The van der Waals surface area contributed by atoms with Crippen molar-refractivity contribution in [2.75, 3.05) is 48.8 Å². The van der Waals surface area contributed by atoms with E-state index in [-0.39, 0.29) is 5.41 Å². The normalized spacial score (nSPS) is 15.1. The summed E-state index contributed by atoms with van der Waals surface area (Å²) in [6, 6.07) is 15.2. The quantitative estimate of drug-likeness (QED) is 0.784. The topological polar surface area (TPSA) is 64.7 Å². The Bertz CT molecular complexity index is 863. The van der Waals surface area contributed by atoms with Crippen LogP contribution < -0.4 is 15.5 Å². The molecule has 0 spiro atoms. The van der Waals surface area contributed by atoms with Crippen LogP contribution in [-0.2, 0) is 15.0 Å². The Kier molecular flexibility index (Phi) is 6.23. The van der Waals surface area contributed by atoms with Crippen molar-refractivity contribution in [1.82, 2.24) is 4.90 Å². The van der Waals surface area contributed by atoms with E-state index < -0.39 is 11.8 Å². The van der Waals surface area contributed by atoms with Gasteiger partial charge in [-0.1, -0.05) is 39.0 Å². The first-order chi connectivity index (χ1) is 13.7. The Balaban J connectivity index is 1.61. The fourth-order valence-corrected chi connectivity index (χ4v) is 3.43. The number of carbonyl (C=O) groups excluding carboxylic acids is 2. The van der Waals surface area contributed by atoms with Gasteiger partial charge in [-0.2, -0.15) is 0 Å². The van der Waals surface area contributed by atoms with E-state index in [0.717, 1.165) is 37.4 Å². The van der Waals surface area contributed by atoms with Crippen LogP contribution in [0, 0.1) is 0 Å². The third-order valence-electron chi connectivity index (χ3n) is 5.18. The molecule has 1 aliphatic rings. The molecule has 1 fully saturated rings. The number of amides is 2. The Morgan fingerprint density at radius 1 is 0.828 bits per heavy atom. The molecule has 6 heteroatoms. The lowest BCUT2D eigenvalue weighted by Crippen LogP contribution is -2.44. The number of para-hydroxylation sites is 1. The van der Waals surface area contributed by atoms with E-state index in [1.54, 1.807) is 0 Å². The summed E-state index contributed by atoms with van der Waals surface area (Å²) in [6.45, 7) is 10.2. The fourth-order valence-electron chi connectivity index (χ4n) is 3.43. The smallest absolute Gasteiger partial charge is 0.314 e. The number of piperazine rings is 1. The van der Waals surface area contributed by atoms with Gasteiger partial charge in [-0.25, -0.2) is 0 Å². The van der Waals surface area contributed by atoms with Crippen molar-refractivity contribution < 1.29 is 9.59 Å². The van der Waals surface area contributed by atoms with E-state index in [2.05, 4.69) is 48.3 Å². The zero-order chi connectivity index (χ0) is 21.0. The number of hydrogen-bond donors (Lipinski definition) is 2. The largest absolute Gasteiger partial charge is 0.369 e. The van der Waals surface area contributed by atoms with Crippen molar-refractivity contribution in [2.24, 2.45) is 0 Å². The van der Waals surface area contributed by atoms with Gasteiger partial charge in [0.05, 0.1) is 0 Å². The highest BCUT2D eigenvalue weighted by atomic mass is 16.2. The molecule has 1 heterocycles. The molecule has 0 aliphatic carbocycles. The first-order valence-electron chi connectivity index (χ1n) is 9.99. The van der Waals surface area contributed by atoms with E-state index >= 15 is 0 Å². The van der Waals surface area contributed by atoms with Crippen molar-refractivity contribution in [3.8, 4) is 0 Å². The van der Waals surface area contributed by atoms with Crippen LogP contribution >= 0.6 is 0 Å². The van der Waals surface area contributed by atoms with Gasteiger partial charge in [0, 0.05) is 43.2 Å². The van der Waals surface area contributed by atoms with Crippen LogP contribution in [0.3, 0.4) is 0 Å². The average Bonchev–Trinajstić information content (AvgIpc) is 2.69. The van der Waals surface area contributed by atoms with Crippen LogP contribution in [0.2, 0.25) is 0 Å². The van der Waals surface area contributed by atoms with Gasteiger partial charge in [0.15, 0.2) is 0 Å². The third-order valence-corrected chi connectivity index (χ3v) is 5.18. The zero-order valence-electron chi connectivity index (χ0n) is 17.7. The number of carbonyl (C=O) groups is 2. The average molecular weight is 395 g/mol. The van der Waals surface area contributed by atoms with Crippen LogP contribution in [0.25, 0.3) is 0 Å². The number of hydrogen-bond acceptors (Lipinski definition) is 4. The maximum absolute atomic E-state index is 12.4. The lowest BCUT2D eigenvalue weighted by atomic mass is 9.86. The third kappa shape index (κ3) is 5.35. The molecule has 0 radical (unpaired) electrons.